The summed E-state index contributed by atoms with van der Waals surface area (Å²) in [4.78, 5) is 14.6. The topological polar surface area (TPSA) is 32.3 Å². The molecule has 3 nitrogen and oxygen atoms in total. The molecule has 0 atom stereocenters. The van der Waals surface area contributed by atoms with E-state index in [0.29, 0.717) is 12.5 Å². The lowest BCUT2D eigenvalue weighted by Crippen LogP contribution is -2.33. The average Bonchev–Trinajstić information content (AvgIpc) is 2.72. The number of nitrogens with zero attached hydrogens (tertiary/aromatic N) is 1. The molecule has 0 aromatic heterocycles. The molecule has 1 aliphatic heterocycles. The molecule has 1 fully saturated rings. The van der Waals surface area contributed by atoms with E-state index in [0.717, 1.165) is 37.2 Å². The summed E-state index contributed by atoms with van der Waals surface area (Å²) < 4.78 is 0. The standard InChI is InChI=1S/C22H28N2OS/c25-22(23-14-4-5-17-26)20-8-10-21(11-9-20)24-15-12-19(13-16-24)18-6-2-1-3-7-18/h1-3,6-11,19,26H,4-5,12-17H2,(H,23,25). The molecule has 3 rings (SSSR count). The highest BCUT2D eigenvalue weighted by atomic mass is 32.1. The molecular weight excluding hydrogens is 340 g/mol. The van der Waals surface area contributed by atoms with Gasteiger partial charge in [0.05, 0.1) is 0 Å². The predicted octanol–water partition coefficient (Wildman–Crippen LogP) is 4.51. The maximum atomic E-state index is 12.2. The summed E-state index contributed by atoms with van der Waals surface area (Å²) in [7, 11) is 0. The van der Waals surface area contributed by atoms with E-state index in [1.54, 1.807) is 0 Å². The van der Waals surface area contributed by atoms with E-state index in [9.17, 15) is 4.79 Å². The second kappa shape index (κ2) is 9.67. The third-order valence-electron chi connectivity index (χ3n) is 5.13. The molecule has 26 heavy (non-hydrogen) atoms. The van der Waals surface area contributed by atoms with Gasteiger partial charge in [-0.15, -0.1) is 0 Å². The van der Waals surface area contributed by atoms with Gasteiger partial charge >= 0.3 is 0 Å². The van der Waals surface area contributed by atoms with Gasteiger partial charge in [-0.05, 0) is 67.2 Å². The number of carbonyl (C=O) groups is 1. The zero-order chi connectivity index (χ0) is 18.2. The highest BCUT2D eigenvalue weighted by Crippen LogP contribution is 2.30. The summed E-state index contributed by atoms with van der Waals surface area (Å²) in [5.41, 5.74) is 3.40. The number of thiol groups is 1. The van der Waals surface area contributed by atoms with Crippen molar-refractivity contribution in [3.05, 3.63) is 65.7 Å². The maximum absolute atomic E-state index is 12.2. The minimum Gasteiger partial charge on any atom is -0.371 e. The Bertz CT molecular complexity index is 679. The van der Waals surface area contributed by atoms with Crippen LogP contribution in [0.5, 0.6) is 0 Å². The van der Waals surface area contributed by atoms with Gasteiger partial charge in [-0.3, -0.25) is 4.79 Å². The van der Waals surface area contributed by atoms with Gasteiger partial charge in [0.25, 0.3) is 5.91 Å². The largest absolute Gasteiger partial charge is 0.371 e. The molecule has 0 radical (unpaired) electrons. The number of unbranched alkanes of at least 4 members (excludes halogenated alkanes) is 1. The van der Waals surface area contributed by atoms with Crippen molar-refractivity contribution >= 4 is 24.2 Å². The summed E-state index contributed by atoms with van der Waals surface area (Å²) in [5.74, 6) is 1.54. The second-order valence-corrected chi connectivity index (χ2v) is 7.35. The molecule has 0 unspecified atom stereocenters. The first kappa shape index (κ1) is 18.8. The van der Waals surface area contributed by atoms with Crippen molar-refractivity contribution in [1.82, 2.24) is 5.32 Å². The molecule has 1 aliphatic rings. The van der Waals surface area contributed by atoms with Gasteiger partial charge in [-0.2, -0.15) is 12.6 Å². The number of nitrogens with one attached hydrogen (secondary N) is 1. The zero-order valence-electron chi connectivity index (χ0n) is 15.2. The Morgan fingerprint density at radius 1 is 1.00 bits per heavy atom. The highest BCUT2D eigenvalue weighted by molar-refractivity contribution is 7.80. The fraction of sp³-hybridized carbons (Fsp3) is 0.409. The number of rotatable bonds is 7. The van der Waals surface area contributed by atoms with Crippen molar-refractivity contribution in [1.29, 1.82) is 0 Å². The summed E-state index contributed by atoms with van der Waals surface area (Å²) >= 11 is 4.19. The van der Waals surface area contributed by atoms with Crippen LogP contribution in [0.4, 0.5) is 5.69 Å². The molecule has 138 valence electrons. The van der Waals surface area contributed by atoms with Crippen molar-refractivity contribution in [3.8, 4) is 0 Å². The molecule has 2 aromatic rings. The SMILES string of the molecule is O=C(NCCCCS)c1ccc(N2CCC(c3ccccc3)CC2)cc1. The lowest BCUT2D eigenvalue weighted by Gasteiger charge is -2.34. The number of amides is 1. The van der Waals surface area contributed by atoms with Crippen LogP contribution in [0, 0.1) is 0 Å². The number of hydrogen-bond donors (Lipinski definition) is 2. The Morgan fingerprint density at radius 2 is 1.69 bits per heavy atom. The Balaban J connectivity index is 1.51. The minimum absolute atomic E-state index is 0.0125. The van der Waals surface area contributed by atoms with E-state index in [2.05, 4.69) is 65.3 Å². The zero-order valence-corrected chi connectivity index (χ0v) is 16.1. The Labute approximate surface area is 162 Å². The van der Waals surface area contributed by atoms with Gasteiger partial charge in [-0.1, -0.05) is 30.3 Å². The van der Waals surface area contributed by atoms with Gasteiger partial charge in [0.2, 0.25) is 0 Å². The van der Waals surface area contributed by atoms with E-state index in [1.807, 2.05) is 12.1 Å². The monoisotopic (exact) mass is 368 g/mol. The predicted molar refractivity (Wildman–Crippen MR) is 112 cm³/mol. The van der Waals surface area contributed by atoms with Crippen LogP contribution in [0.25, 0.3) is 0 Å². The highest BCUT2D eigenvalue weighted by Gasteiger charge is 2.20. The number of anilines is 1. The first-order chi connectivity index (χ1) is 12.8. The molecule has 1 heterocycles. The van der Waals surface area contributed by atoms with E-state index in [4.69, 9.17) is 0 Å². The number of carbonyl (C=O) groups excluding carboxylic acids is 1. The van der Waals surface area contributed by atoms with Gasteiger partial charge in [0, 0.05) is 30.9 Å². The average molecular weight is 369 g/mol. The van der Waals surface area contributed by atoms with Gasteiger partial charge in [0.1, 0.15) is 0 Å². The van der Waals surface area contributed by atoms with Crippen LogP contribution >= 0.6 is 12.6 Å². The fourth-order valence-electron chi connectivity index (χ4n) is 3.56. The first-order valence-corrected chi connectivity index (χ1v) is 10.2. The Kier molecular flexibility index (Phi) is 7.01. The molecule has 1 N–H and O–H groups in total. The Morgan fingerprint density at radius 3 is 2.35 bits per heavy atom. The third-order valence-corrected chi connectivity index (χ3v) is 5.45. The summed E-state index contributed by atoms with van der Waals surface area (Å²) in [5, 5.41) is 2.97. The van der Waals surface area contributed by atoms with Crippen LogP contribution in [0.1, 0.15) is 47.5 Å². The molecule has 0 bridgehead atoms. The van der Waals surface area contributed by atoms with Gasteiger partial charge < -0.3 is 10.2 Å². The number of benzene rings is 2. The molecule has 1 amide bonds. The lowest BCUT2D eigenvalue weighted by atomic mass is 9.89. The molecule has 0 aliphatic carbocycles. The van der Waals surface area contributed by atoms with E-state index in [-0.39, 0.29) is 5.91 Å². The van der Waals surface area contributed by atoms with E-state index in [1.165, 1.54) is 24.1 Å². The van der Waals surface area contributed by atoms with Crippen LogP contribution in [-0.4, -0.2) is 31.3 Å². The molecule has 4 heteroatoms. The third kappa shape index (κ3) is 5.04. The molecule has 2 aromatic carbocycles. The van der Waals surface area contributed by atoms with Crippen LogP contribution in [-0.2, 0) is 0 Å². The quantitative estimate of drug-likeness (QED) is 0.557. The summed E-state index contributed by atoms with van der Waals surface area (Å²) in [6.45, 7) is 2.85. The Hall–Kier alpha value is -1.94. The van der Waals surface area contributed by atoms with Gasteiger partial charge in [-0.25, -0.2) is 0 Å². The van der Waals surface area contributed by atoms with Crippen molar-refractivity contribution in [2.45, 2.75) is 31.6 Å². The van der Waals surface area contributed by atoms with Crippen LogP contribution < -0.4 is 10.2 Å². The molecular formula is C22H28N2OS. The van der Waals surface area contributed by atoms with E-state index >= 15 is 0 Å². The van der Waals surface area contributed by atoms with Crippen molar-refractivity contribution in [2.75, 3.05) is 30.3 Å². The molecule has 0 saturated carbocycles. The fourth-order valence-corrected chi connectivity index (χ4v) is 3.78. The normalized spacial score (nSPS) is 15.0. The molecule has 0 spiro atoms. The molecule has 1 saturated heterocycles. The van der Waals surface area contributed by atoms with Crippen molar-refractivity contribution in [3.63, 3.8) is 0 Å². The van der Waals surface area contributed by atoms with Crippen LogP contribution in [0.3, 0.4) is 0 Å². The second-order valence-electron chi connectivity index (χ2n) is 6.91. The van der Waals surface area contributed by atoms with Crippen LogP contribution in [0.15, 0.2) is 54.6 Å². The van der Waals surface area contributed by atoms with Crippen LogP contribution in [0.2, 0.25) is 0 Å². The lowest BCUT2D eigenvalue weighted by molar-refractivity contribution is 0.0953. The van der Waals surface area contributed by atoms with Crippen molar-refractivity contribution < 1.29 is 4.79 Å². The summed E-state index contributed by atoms with van der Waals surface area (Å²) in [6.07, 6.45) is 4.36. The first-order valence-electron chi connectivity index (χ1n) is 9.57. The smallest absolute Gasteiger partial charge is 0.251 e. The minimum atomic E-state index is 0.0125. The maximum Gasteiger partial charge on any atom is 0.251 e. The number of hydrogen-bond acceptors (Lipinski definition) is 3. The summed E-state index contributed by atoms with van der Waals surface area (Å²) in [6, 6.07) is 18.8. The van der Waals surface area contributed by atoms with E-state index < -0.39 is 0 Å². The van der Waals surface area contributed by atoms with Gasteiger partial charge in [0.15, 0.2) is 0 Å². The van der Waals surface area contributed by atoms with Crippen molar-refractivity contribution in [2.24, 2.45) is 0 Å². The number of piperidine rings is 1.